The van der Waals surface area contributed by atoms with Crippen molar-refractivity contribution in [3.05, 3.63) is 17.6 Å². The first-order valence-electron chi connectivity index (χ1n) is 5.44. The maximum absolute atomic E-state index is 8.81. The summed E-state index contributed by atoms with van der Waals surface area (Å²) in [5, 5.41) is 8.81. The van der Waals surface area contributed by atoms with E-state index in [4.69, 9.17) is 10.00 Å². The molecule has 79 valence electrons. The molecule has 2 aliphatic rings. The molecule has 1 atom stereocenters. The van der Waals surface area contributed by atoms with Crippen LogP contribution in [0.25, 0.3) is 0 Å². The topological polar surface area (TPSA) is 45.4 Å². The molecule has 1 fully saturated rings. The van der Waals surface area contributed by atoms with E-state index in [9.17, 15) is 0 Å². The molecule has 1 saturated heterocycles. The Morgan fingerprint density at radius 1 is 1.67 bits per heavy atom. The van der Waals surface area contributed by atoms with Gasteiger partial charge in [-0.05, 0) is 6.42 Å². The lowest BCUT2D eigenvalue weighted by Crippen LogP contribution is -2.36. The van der Waals surface area contributed by atoms with Crippen molar-refractivity contribution in [3.8, 4) is 6.07 Å². The van der Waals surface area contributed by atoms with Gasteiger partial charge in [0.2, 0.25) is 0 Å². The first-order chi connectivity index (χ1) is 7.35. The number of hydrogen-bond donors (Lipinski definition) is 0. The third-order valence-corrected chi connectivity index (χ3v) is 2.84. The van der Waals surface area contributed by atoms with Crippen molar-refractivity contribution in [2.75, 3.05) is 19.8 Å². The van der Waals surface area contributed by atoms with Crippen LogP contribution < -0.4 is 0 Å². The number of hydrogen-bond acceptors (Lipinski definition) is 3. The summed E-state index contributed by atoms with van der Waals surface area (Å²) < 4.78 is 5.53. The van der Waals surface area contributed by atoms with Crippen molar-refractivity contribution in [2.45, 2.75) is 19.8 Å². The fourth-order valence-electron chi connectivity index (χ4n) is 2.13. The molecule has 0 N–H and O–H groups in total. The molecular formula is C12H15N2O. The monoisotopic (exact) mass is 203 g/mol. The fourth-order valence-corrected chi connectivity index (χ4v) is 2.13. The van der Waals surface area contributed by atoms with Crippen LogP contribution in [0.3, 0.4) is 0 Å². The molecule has 0 aliphatic carbocycles. The first kappa shape index (κ1) is 10.4. The van der Waals surface area contributed by atoms with Gasteiger partial charge < -0.3 is 4.74 Å². The van der Waals surface area contributed by atoms with E-state index in [0.717, 1.165) is 30.9 Å². The predicted octanol–water partition coefficient (Wildman–Crippen LogP) is 1.91. The molecule has 0 bridgehead atoms. The molecule has 0 saturated carbocycles. The molecule has 0 amide bonds. The number of nitrogens with zero attached hydrogens (tertiary/aromatic N) is 2. The molecule has 3 heteroatoms. The SMILES string of the molecule is CCCC1COC[C]2C=C(C#N)CN=C21. The van der Waals surface area contributed by atoms with Crippen LogP contribution in [0.1, 0.15) is 19.8 Å². The average molecular weight is 203 g/mol. The van der Waals surface area contributed by atoms with Crippen LogP contribution in [0.5, 0.6) is 0 Å². The van der Waals surface area contributed by atoms with E-state index in [1.807, 2.05) is 6.08 Å². The Hall–Kier alpha value is -1.14. The quantitative estimate of drug-likeness (QED) is 0.688. The van der Waals surface area contributed by atoms with Gasteiger partial charge in [0.25, 0.3) is 0 Å². The largest absolute Gasteiger partial charge is 0.379 e. The van der Waals surface area contributed by atoms with E-state index < -0.39 is 0 Å². The molecule has 3 nitrogen and oxygen atoms in total. The third-order valence-electron chi connectivity index (χ3n) is 2.84. The van der Waals surface area contributed by atoms with E-state index >= 15 is 0 Å². The van der Waals surface area contributed by atoms with Gasteiger partial charge in [0.05, 0.1) is 31.7 Å². The molecule has 2 rings (SSSR count). The van der Waals surface area contributed by atoms with E-state index in [1.54, 1.807) is 0 Å². The van der Waals surface area contributed by atoms with Crippen molar-refractivity contribution >= 4 is 5.71 Å². The zero-order valence-electron chi connectivity index (χ0n) is 8.99. The van der Waals surface area contributed by atoms with Crippen LogP contribution in [0, 0.1) is 23.2 Å². The Kier molecular flexibility index (Phi) is 3.17. The number of nitriles is 1. The van der Waals surface area contributed by atoms with E-state index in [-0.39, 0.29) is 0 Å². The zero-order valence-corrected chi connectivity index (χ0v) is 8.99. The summed E-state index contributed by atoms with van der Waals surface area (Å²) in [6.45, 7) is 4.12. The summed E-state index contributed by atoms with van der Waals surface area (Å²) in [5.74, 6) is 1.55. The second kappa shape index (κ2) is 4.59. The van der Waals surface area contributed by atoms with E-state index in [0.29, 0.717) is 19.1 Å². The average Bonchev–Trinajstić information content (AvgIpc) is 2.29. The van der Waals surface area contributed by atoms with Crippen molar-refractivity contribution in [1.29, 1.82) is 5.26 Å². The maximum Gasteiger partial charge on any atom is 0.0963 e. The summed E-state index contributed by atoms with van der Waals surface area (Å²) in [6, 6.07) is 2.16. The molecule has 15 heavy (non-hydrogen) atoms. The van der Waals surface area contributed by atoms with Crippen LogP contribution in [0.2, 0.25) is 0 Å². The highest BCUT2D eigenvalue weighted by atomic mass is 16.5. The maximum atomic E-state index is 8.81. The van der Waals surface area contributed by atoms with Gasteiger partial charge in [0.1, 0.15) is 0 Å². The highest BCUT2D eigenvalue weighted by Gasteiger charge is 2.30. The van der Waals surface area contributed by atoms with Gasteiger partial charge in [-0.15, -0.1) is 0 Å². The van der Waals surface area contributed by atoms with Crippen molar-refractivity contribution in [3.63, 3.8) is 0 Å². The number of rotatable bonds is 2. The molecule has 0 aromatic rings. The number of dihydropyridines is 1. The van der Waals surface area contributed by atoms with Gasteiger partial charge in [0, 0.05) is 17.2 Å². The second-order valence-electron chi connectivity index (χ2n) is 4.01. The van der Waals surface area contributed by atoms with Crippen molar-refractivity contribution < 1.29 is 4.74 Å². The normalized spacial score (nSPS) is 26.3. The standard InChI is InChI=1S/C12H15N2O/c1-2-3-10-7-15-8-11-4-9(5-13)6-14-12(10)11/h4,10H,2-3,6-8H2,1H3. The number of aliphatic imine (C=N–C) groups is 1. The Morgan fingerprint density at radius 3 is 3.27 bits per heavy atom. The first-order valence-corrected chi connectivity index (χ1v) is 5.44. The van der Waals surface area contributed by atoms with Gasteiger partial charge in [-0.1, -0.05) is 19.4 Å². The Bertz CT molecular complexity index is 336. The van der Waals surface area contributed by atoms with Crippen molar-refractivity contribution in [2.24, 2.45) is 10.9 Å². The fraction of sp³-hybridized carbons (Fsp3) is 0.583. The van der Waals surface area contributed by atoms with Crippen LogP contribution in [0.4, 0.5) is 0 Å². The molecule has 0 spiro atoms. The molecule has 2 heterocycles. The van der Waals surface area contributed by atoms with Gasteiger partial charge in [-0.25, -0.2) is 0 Å². The lowest BCUT2D eigenvalue weighted by molar-refractivity contribution is 0.115. The van der Waals surface area contributed by atoms with Gasteiger partial charge in [0.15, 0.2) is 0 Å². The molecule has 1 radical (unpaired) electrons. The minimum atomic E-state index is 0.440. The van der Waals surface area contributed by atoms with Crippen molar-refractivity contribution in [1.82, 2.24) is 0 Å². The highest BCUT2D eigenvalue weighted by molar-refractivity contribution is 6.02. The van der Waals surface area contributed by atoms with Gasteiger partial charge in [-0.3, -0.25) is 4.99 Å². The summed E-state index contributed by atoms with van der Waals surface area (Å²) in [5.41, 5.74) is 1.93. The van der Waals surface area contributed by atoms with Crippen LogP contribution in [0.15, 0.2) is 16.6 Å². The summed E-state index contributed by atoms with van der Waals surface area (Å²) in [7, 11) is 0. The lowest BCUT2D eigenvalue weighted by Gasteiger charge is -2.31. The lowest BCUT2D eigenvalue weighted by atomic mass is 9.85. The highest BCUT2D eigenvalue weighted by Crippen LogP contribution is 2.27. The smallest absolute Gasteiger partial charge is 0.0963 e. The molecule has 0 aromatic carbocycles. The molecule has 1 unspecified atom stereocenters. The molecule has 2 aliphatic heterocycles. The minimum Gasteiger partial charge on any atom is -0.379 e. The van der Waals surface area contributed by atoms with Crippen LogP contribution >= 0.6 is 0 Å². The molecule has 0 aromatic heterocycles. The summed E-state index contributed by atoms with van der Waals surface area (Å²) >= 11 is 0. The minimum absolute atomic E-state index is 0.440. The van der Waals surface area contributed by atoms with E-state index in [1.165, 1.54) is 5.71 Å². The van der Waals surface area contributed by atoms with Crippen LogP contribution in [-0.2, 0) is 4.74 Å². The molecular weight excluding hydrogens is 188 g/mol. The summed E-state index contributed by atoms with van der Waals surface area (Å²) in [6.07, 6.45) is 4.22. The summed E-state index contributed by atoms with van der Waals surface area (Å²) in [4.78, 5) is 4.51. The predicted molar refractivity (Wildman–Crippen MR) is 58.5 cm³/mol. The van der Waals surface area contributed by atoms with E-state index in [2.05, 4.69) is 18.0 Å². The van der Waals surface area contributed by atoms with Gasteiger partial charge >= 0.3 is 0 Å². The van der Waals surface area contributed by atoms with Crippen LogP contribution in [-0.4, -0.2) is 25.5 Å². The zero-order chi connectivity index (χ0) is 10.7. The Balaban J connectivity index is 2.13. The van der Waals surface area contributed by atoms with Gasteiger partial charge in [-0.2, -0.15) is 5.26 Å². The Labute approximate surface area is 90.5 Å². The Morgan fingerprint density at radius 2 is 2.53 bits per heavy atom. The number of fused-ring (bicyclic) bond motifs is 1. The number of ether oxygens (including phenoxy) is 1. The second-order valence-corrected chi connectivity index (χ2v) is 4.01. The third kappa shape index (κ3) is 2.10.